The van der Waals surface area contributed by atoms with Crippen molar-refractivity contribution < 1.29 is 4.74 Å². The molecule has 4 rings (SSSR count). The zero-order chi connectivity index (χ0) is 20.2. The zero-order valence-electron chi connectivity index (χ0n) is 16.6. The number of thiazole rings is 1. The fourth-order valence-electron chi connectivity index (χ4n) is 3.03. The first kappa shape index (κ1) is 19.8. The van der Waals surface area contributed by atoms with Crippen LogP contribution in [0.25, 0.3) is 22.4 Å². The molecule has 150 valence electrons. The number of ether oxygens (including phenoxy) is 1. The van der Waals surface area contributed by atoms with Crippen molar-refractivity contribution in [3.8, 4) is 17.1 Å². The minimum Gasteiger partial charge on any atom is -0.494 e. The number of nitrogens with zero attached hydrogens (tertiary/aromatic N) is 3. The fourth-order valence-corrected chi connectivity index (χ4v) is 4.85. The number of unbranched alkanes of at least 4 members (excludes halogenated alkanes) is 3. The van der Waals surface area contributed by atoms with E-state index in [1.54, 1.807) is 11.3 Å². The second kappa shape index (κ2) is 8.88. The Morgan fingerprint density at radius 3 is 2.66 bits per heavy atom. The Balaban J connectivity index is 1.51. The molecule has 0 aliphatic carbocycles. The maximum absolute atomic E-state index is 12.7. The summed E-state index contributed by atoms with van der Waals surface area (Å²) in [5.41, 5.74) is 1.92. The van der Waals surface area contributed by atoms with Gasteiger partial charge in [-0.25, -0.2) is 0 Å². The average molecular weight is 426 g/mol. The summed E-state index contributed by atoms with van der Waals surface area (Å²) < 4.78 is 7.84. The Labute approximate surface area is 177 Å². The number of aromatic nitrogens is 3. The predicted octanol–water partition coefficient (Wildman–Crippen LogP) is 4.69. The van der Waals surface area contributed by atoms with Gasteiger partial charge in [0.15, 0.2) is 5.82 Å². The number of fused-ring (bicyclic) bond motifs is 1. The van der Waals surface area contributed by atoms with Crippen molar-refractivity contribution in [3.63, 3.8) is 0 Å². The molecule has 1 aromatic carbocycles. The van der Waals surface area contributed by atoms with E-state index < -0.39 is 0 Å². The molecular formula is C22H23N3O2S2. The van der Waals surface area contributed by atoms with Crippen LogP contribution in [0.4, 0.5) is 0 Å². The third-order valence-electron chi connectivity index (χ3n) is 4.72. The van der Waals surface area contributed by atoms with E-state index in [0.29, 0.717) is 15.3 Å². The Bertz CT molecular complexity index is 1210. The van der Waals surface area contributed by atoms with Gasteiger partial charge in [0.25, 0.3) is 5.56 Å². The quantitative estimate of drug-likeness (QED) is 0.384. The highest BCUT2D eigenvalue weighted by Crippen LogP contribution is 2.21. The molecule has 4 aromatic rings. The maximum atomic E-state index is 12.7. The molecule has 0 atom stereocenters. The summed E-state index contributed by atoms with van der Waals surface area (Å²) in [5.74, 6) is 1.40. The molecule has 0 saturated heterocycles. The van der Waals surface area contributed by atoms with Crippen molar-refractivity contribution in [3.05, 3.63) is 61.0 Å². The molecule has 29 heavy (non-hydrogen) atoms. The van der Waals surface area contributed by atoms with E-state index in [1.165, 1.54) is 40.7 Å². The zero-order valence-corrected chi connectivity index (χ0v) is 18.2. The van der Waals surface area contributed by atoms with Gasteiger partial charge in [-0.3, -0.25) is 4.79 Å². The first-order chi connectivity index (χ1) is 14.2. The highest BCUT2D eigenvalue weighted by Gasteiger charge is 2.12. The molecule has 3 aromatic heterocycles. The second-order valence-corrected chi connectivity index (χ2v) is 8.90. The van der Waals surface area contributed by atoms with E-state index in [-0.39, 0.29) is 5.56 Å². The van der Waals surface area contributed by atoms with Gasteiger partial charge in [0.1, 0.15) is 5.75 Å². The van der Waals surface area contributed by atoms with E-state index in [4.69, 9.17) is 4.74 Å². The van der Waals surface area contributed by atoms with Gasteiger partial charge >= 0.3 is 0 Å². The summed E-state index contributed by atoms with van der Waals surface area (Å²) in [6.07, 6.45) is 6.68. The summed E-state index contributed by atoms with van der Waals surface area (Å²) in [6, 6.07) is 9.79. The third kappa shape index (κ3) is 4.41. The van der Waals surface area contributed by atoms with Crippen LogP contribution in [0.2, 0.25) is 0 Å². The van der Waals surface area contributed by atoms with Crippen molar-refractivity contribution in [1.29, 1.82) is 0 Å². The van der Waals surface area contributed by atoms with Crippen LogP contribution in [0.15, 0.2) is 40.5 Å². The number of benzene rings is 1. The molecule has 0 unspecified atom stereocenters. The SMILES string of the molecule is CCCCCCOc1ccc(-c2nc3s/c(=C\c4sccc4C)c(=O)n3n2)cc1. The Hall–Kier alpha value is -2.51. The molecule has 5 nitrogen and oxygen atoms in total. The van der Waals surface area contributed by atoms with Crippen LogP contribution in [0.5, 0.6) is 5.75 Å². The first-order valence-corrected chi connectivity index (χ1v) is 11.5. The second-order valence-electron chi connectivity index (χ2n) is 6.95. The van der Waals surface area contributed by atoms with Crippen LogP contribution in [0.1, 0.15) is 43.0 Å². The third-order valence-corrected chi connectivity index (χ3v) is 6.65. The van der Waals surface area contributed by atoms with Crippen molar-refractivity contribution in [2.24, 2.45) is 0 Å². The van der Waals surface area contributed by atoms with Crippen LogP contribution < -0.4 is 14.8 Å². The molecule has 0 N–H and O–H groups in total. The summed E-state index contributed by atoms with van der Waals surface area (Å²) in [6.45, 7) is 4.98. The fraction of sp³-hybridized carbons (Fsp3) is 0.318. The number of hydrogen-bond donors (Lipinski definition) is 0. The van der Waals surface area contributed by atoms with E-state index in [0.717, 1.165) is 29.2 Å². The molecular weight excluding hydrogens is 402 g/mol. The van der Waals surface area contributed by atoms with Crippen molar-refractivity contribution in [2.75, 3.05) is 6.61 Å². The van der Waals surface area contributed by atoms with Crippen LogP contribution in [-0.4, -0.2) is 21.2 Å². The van der Waals surface area contributed by atoms with Gasteiger partial charge in [-0.2, -0.15) is 9.50 Å². The predicted molar refractivity (Wildman–Crippen MR) is 120 cm³/mol. The molecule has 0 spiro atoms. The lowest BCUT2D eigenvalue weighted by Gasteiger charge is -2.06. The van der Waals surface area contributed by atoms with Gasteiger partial charge in [-0.15, -0.1) is 16.4 Å². The van der Waals surface area contributed by atoms with Crippen molar-refractivity contribution >= 4 is 33.7 Å². The molecule has 0 bridgehead atoms. The standard InChI is InChI=1S/C22H23N3O2S2/c1-3-4-5-6-12-27-17-9-7-16(8-10-17)20-23-22-25(24-20)21(26)19(29-22)14-18-15(2)11-13-28-18/h7-11,13-14H,3-6,12H2,1-2H3/b19-14-. The van der Waals surface area contributed by atoms with E-state index in [9.17, 15) is 4.79 Å². The lowest BCUT2D eigenvalue weighted by Crippen LogP contribution is -2.23. The Morgan fingerprint density at radius 2 is 1.97 bits per heavy atom. The Kier molecular flexibility index (Phi) is 6.06. The number of rotatable bonds is 8. The highest BCUT2D eigenvalue weighted by atomic mass is 32.1. The number of thiophene rings is 1. The summed E-state index contributed by atoms with van der Waals surface area (Å²) in [4.78, 5) is 18.9. The van der Waals surface area contributed by atoms with Crippen LogP contribution in [-0.2, 0) is 0 Å². The smallest absolute Gasteiger partial charge is 0.291 e. The summed E-state index contributed by atoms with van der Waals surface area (Å²) in [5, 5.41) is 6.45. The van der Waals surface area contributed by atoms with E-state index >= 15 is 0 Å². The molecule has 3 heterocycles. The highest BCUT2D eigenvalue weighted by molar-refractivity contribution is 7.15. The van der Waals surface area contributed by atoms with Gasteiger partial charge < -0.3 is 4.74 Å². The molecule has 0 fully saturated rings. The van der Waals surface area contributed by atoms with Gasteiger partial charge in [0.05, 0.1) is 11.1 Å². The largest absolute Gasteiger partial charge is 0.494 e. The molecule has 7 heteroatoms. The topological polar surface area (TPSA) is 56.5 Å². The van der Waals surface area contributed by atoms with E-state index in [1.807, 2.05) is 42.6 Å². The normalized spacial score (nSPS) is 12.1. The maximum Gasteiger partial charge on any atom is 0.291 e. The first-order valence-electron chi connectivity index (χ1n) is 9.84. The minimum absolute atomic E-state index is 0.122. The number of hydrogen-bond acceptors (Lipinski definition) is 6. The lowest BCUT2D eigenvalue weighted by molar-refractivity contribution is 0.305. The molecule has 0 saturated carbocycles. The molecule has 0 aliphatic rings. The van der Waals surface area contributed by atoms with Gasteiger partial charge in [0.2, 0.25) is 4.96 Å². The van der Waals surface area contributed by atoms with Crippen molar-refractivity contribution in [1.82, 2.24) is 14.6 Å². The molecule has 0 radical (unpaired) electrons. The number of aryl methyl sites for hydroxylation is 1. The average Bonchev–Trinajstić information content (AvgIpc) is 3.40. The lowest BCUT2D eigenvalue weighted by atomic mass is 10.2. The van der Waals surface area contributed by atoms with E-state index in [2.05, 4.69) is 23.1 Å². The molecule has 0 amide bonds. The van der Waals surface area contributed by atoms with Gasteiger partial charge in [0, 0.05) is 10.4 Å². The Morgan fingerprint density at radius 1 is 1.14 bits per heavy atom. The monoisotopic (exact) mass is 425 g/mol. The van der Waals surface area contributed by atoms with Gasteiger partial charge in [-0.1, -0.05) is 37.5 Å². The van der Waals surface area contributed by atoms with Crippen LogP contribution in [0.3, 0.4) is 0 Å². The van der Waals surface area contributed by atoms with Crippen LogP contribution in [0, 0.1) is 6.92 Å². The molecule has 0 aliphatic heterocycles. The summed E-state index contributed by atoms with van der Waals surface area (Å²) >= 11 is 3.00. The summed E-state index contributed by atoms with van der Waals surface area (Å²) in [7, 11) is 0. The van der Waals surface area contributed by atoms with Gasteiger partial charge in [-0.05, 0) is 60.7 Å². The van der Waals surface area contributed by atoms with Crippen LogP contribution >= 0.6 is 22.7 Å². The minimum atomic E-state index is -0.122. The van der Waals surface area contributed by atoms with Crippen molar-refractivity contribution in [2.45, 2.75) is 39.5 Å².